The van der Waals surface area contributed by atoms with Gasteiger partial charge in [-0.25, -0.2) is 4.79 Å². The zero-order valence-electron chi connectivity index (χ0n) is 21.4. The second-order valence-electron chi connectivity index (χ2n) is 11.7. The van der Waals surface area contributed by atoms with E-state index in [0.29, 0.717) is 19.4 Å². The number of carbonyl (C=O) groups is 1. The molecular weight excluding hydrogens is 450 g/mol. The van der Waals surface area contributed by atoms with E-state index < -0.39 is 5.60 Å². The Morgan fingerprint density at radius 1 is 1.03 bits per heavy atom. The molecule has 3 heterocycles. The Labute approximate surface area is 212 Å². The fraction of sp³-hybridized carbons (Fsp3) is 0.467. The molecule has 2 fully saturated rings. The van der Waals surface area contributed by atoms with Gasteiger partial charge in [-0.3, -0.25) is 4.68 Å². The second-order valence-corrected chi connectivity index (χ2v) is 11.7. The summed E-state index contributed by atoms with van der Waals surface area (Å²) < 4.78 is 7.94. The van der Waals surface area contributed by atoms with Gasteiger partial charge in [-0.15, -0.1) is 0 Å². The maximum atomic E-state index is 13.5. The maximum Gasteiger partial charge on any atom is 0.410 e. The van der Waals surface area contributed by atoms with E-state index in [1.807, 2.05) is 15.8 Å². The Morgan fingerprint density at radius 3 is 2.17 bits per heavy atom. The van der Waals surface area contributed by atoms with E-state index in [1.165, 1.54) is 22.3 Å². The van der Waals surface area contributed by atoms with E-state index in [-0.39, 0.29) is 29.6 Å². The molecule has 0 spiro atoms. The zero-order chi connectivity index (χ0) is 25.1. The van der Waals surface area contributed by atoms with Crippen molar-refractivity contribution in [1.82, 2.24) is 14.7 Å². The Kier molecular flexibility index (Phi) is 5.48. The van der Waals surface area contributed by atoms with Crippen molar-refractivity contribution in [3.63, 3.8) is 0 Å². The number of benzene rings is 2. The molecule has 3 aromatic rings. The quantitative estimate of drug-likeness (QED) is 0.510. The molecule has 6 heteroatoms. The molecule has 2 bridgehead atoms. The number of amides is 1. The average Bonchev–Trinajstić information content (AvgIpc) is 3.47. The molecule has 1 aromatic heterocycles. The number of nitrogens with zero attached hydrogens (tertiary/aromatic N) is 3. The van der Waals surface area contributed by atoms with Crippen molar-refractivity contribution in [3.05, 3.63) is 77.6 Å². The molecule has 2 aliphatic heterocycles. The van der Waals surface area contributed by atoms with Crippen LogP contribution in [0.1, 0.15) is 75.5 Å². The first-order valence-electron chi connectivity index (χ1n) is 13.2. The van der Waals surface area contributed by atoms with Crippen molar-refractivity contribution >= 4 is 6.09 Å². The standard InChI is InChI=1S/C30H35N3O3/c1-29(2,3)32-18-20(17-31-32)30(35)15-21-9-8-10-22(16-30)33(21)28(34)36-19-27-25-13-6-4-11-23(25)24-12-5-7-14-26(24)27/h4-7,11-14,17-18,21-22,27,35H,8-10,15-16,19H2,1-3H3. The van der Waals surface area contributed by atoms with Crippen LogP contribution in [0.4, 0.5) is 4.79 Å². The second kappa shape index (κ2) is 8.48. The minimum absolute atomic E-state index is 0.0314. The van der Waals surface area contributed by atoms with Crippen LogP contribution in [0, 0.1) is 0 Å². The number of aromatic nitrogens is 2. The molecule has 1 N–H and O–H groups in total. The highest BCUT2D eigenvalue weighted by atomic mass is 16.6. The lowest BCUT2D eigenvalue weighted by Crippen LogP contribution is -2.59. The van der Waals surface area contributed by atoms with E-state index >= 15 is 0 Å². The molecule has 2 atom stereocenters. The van der Waals surface area contributed by atoms with Crippen molar-refractivity contribution in [2.45, 2.75) is 82.0 Å². The van der Waals surface area contributed by atoms with E-state index in [4.69, 9.17) is 4.74 Å². The average molecular weight is 486 g/mol. The normalized spacial score (nSPS) is 25.4. The summed E-state index contributed by atoms with van der Waals surface area (Å²) in [5.41, 5.74) is 4.62. The molecule has 1 amide bonds. The summed E-state index contributed by atoms with van der Waals surface area (Å²) >= 11 is 0. The molecule has 6 nitrogen and oxygen atoms in total. The third-order valence-electron chi connectivity index (χ3n) is 8.36. The smallest absolute Gasteiger partial charge is 0.410 e. The summed E-state index contributed by atoms with van der Waals surface area (Å²) in [6.45, 7) is 6.62. The van der Waals surface area contributed by atoms with Gasteiger partial charge in [0.2, 0.25) is 0 Å². The fourth-order valence-electron chi connectivity index (χ4n) is 6.56. The number of fused-ring (bicyclic) bond motifs is 5. The third kappa shape index (κ3) is 3.83. The first-order chi connectivity index (χ1) is 17.2. The van der Waals surface area contributed by atoms with Gasteiger partial charge in [-0.2, -0.15) is 5.10 Å². The monoisotopic (exact) mass is 485 g/mol. The van der Waals surface area contributed by atoms with Gasteiger partial charge in [-0.05, 0) is 62.3 Å². The topological polar surface area (TPSA) is 67.6 Å². The molecule has 6 rings (SSSR count). The van der Waals surface area contributed by atoms with E-state index in [1.54, 1.807) is 6.20 Å². The number of rotatable bonds is 3. The summed E-state index contributed by atoms with van der Waals surface area (Å²) in [4.78, 5) is 15.4. The van der Waals surface area contributed by atoms with E-state index in [0.717, 1.165) is 24.8 Å². The Bertz CT molecular complexity index is 1230. The van der Waals surface area contributed by atoms with Crippen LogP contribution in [0.25, 0.3) is 11.1 Å². The van der Waals surface area contributed by atoms with Gasteiger partial charge in [0.05, 0.1) is 17.3 Å². The minimum Gasteiger partial charge on any atom is -0.448 e. The SMILES string of the molecule is CC(C)(C)n1cc(C2(O)CC3CCCC(C2)N3C(=O)OCC2c3ccccc3-c3ccccc32)cn1. The van der Waals surface area contributed by atoms with Gasteiger partial charge < -0.3 is 14.7 Å². The highest BCUT2D eigenvalue weighted by molar-refractivity contribution is 5.79. The van der Waals surface area contributed by atoms with Crippen LogP contribution in [0.5, 0.6) is 0 Å². The van der Waals surface area contributed by atoms with Gasteiger partial charge in [0.1, 0.15) is 6.61 Å². The molecule has 2 aromatic carbocycles. The third-order valence-corrected chi connectivity index (χ3v) is 8.36. The van der Waals surface area contributed by atoms with Crippen molar-refractivity contribution in [1.29, 1.82) is 0 Å². The largest absolute Gasteiger partial charge is 0.448 e. The van der Waals surface area contributed by atoms with Gasteiger partial charge in [0.15, 0.2) is 0 Å². The molecule has 1 aliphatic carbocycles. The van der Waals surface area contributed by atoms with E-state index in [2.05, 4.69) is 74.4 Å². The highest BCUT2D eigenvalue weighted by Crippen LogP contribution is 2.46. The van der Waals surface area contributed by atoms with Crippen LogP contribution in [0.15, 0.2) is 60.9 Å². The Morgan fingerprint density at radius 2 is 1.61 bits per heavy atom. The zero-order valence-corrected chi connectivity index (χ0v) is 21.4. The number of carbonyl (C=O) groups excluding carboxylic acids is 1. The van der Waals surface area contributed by atoms with Crippen LogP contribution in [-0.4, -0.2) is 44.6 Å². The number of aliphatic hydroxyl groups is 1. The van der Waals surface area contributed by atoms with Gasteiger partial charge in [0.25, 0.3) is 0 Å². The Hall–Kier alpha value is -3.12. The summed E-state index contributed by atoms with van der Waals surface area (Å²) in [5, 5.41) is 16.2. The van der Waals surface area contributed by atoms with Crippen molar-refractivity contribution < 1.29 is 14.6 Å². The maximum absolute atomic E-state index is 13.5. The number of hydrogen-bond acceptors (Lipinski definition) is 4. The van der Waals surface area contributed by atoms with Crippen LogP contribution in [0.2, 0.25) is 0 Å². The lowest BCUT2D eigenvalue weighted by atomic mass is 9.73. The van der Waals surface area contributed by atoms with Crippen LogP contribution in [-0.2, 0) is 15.9 Å². The lowest BCUT2D eigenvalue weighted by molar-refractivity contribution is -0.0891. The van der Waals surface area contributed by atoms with E-state index in [9.17, 15) is 9.90 Å². The van der Waals surface area contributed by atoms with Crippen molar-refractivity contribution in [3.8, 4) is 11.1 Å². The Balaban J connectivity index is 1.19. The first kappa shape index (κ1) is 23.3. The van der Waals surface area contributed by atoms with Crippen LogP contribution >= 0.6 is 0 Å². The predicted molar refractivity (Wildman–Crippen MR) is 139 cm³/mol. The van der Waals surface area contributed by atoms with Crippen LogP contribution < -0.4 is 0 Å². The summed E-state index contributed by atoms with van der Waals surface area (Å²) in [7, 11) is 0. The molecule has 0 saturated carbocycles. The molecule has 188 valence electrons. The molecule has 36 heavy (non-hydrogen) atoms. The minimum atomic E-state index is -0.973. The predicted octanol–water partition coefficient (Wildman–Crippen LogP) is 5.79. The molecular formula is C30H35N3O3. The van der Waals surface area contributed by atoms with Gasteiger partial charge >= 0.3 is 6.09 Å². The van der Waals surface area contributed by atoms with Gasteiger partial charge in [0, 0.05) is 42.6 Å². The van der Waals surface area contributed by atoms with Crippen molar-refractivity contribution in [2.24, 2.45) is 0 Å². The number of ether oxygens (including phenoxy) is 1. The van der Waals surface area contributed by atoms with Crippen LogP contribution in [0.3, 0.4) is 0 Å². The van der Waals surface area contributed by atoms with Gasteiger partial charge in [-0.1, -0.05) is 48.5 Å². The summed E-state index contributed by atoms with van der Waals surface area (Å²) in [6, 6.07) is 16.7. The highest BCUT2D eigenvalue weighted by Gasteiger charge is 2.49. The van der Waals surface area contributed by atoms with Crippen molar-refractivity contribution in [2.75, 3.05) is 6.61 Å². The summed E-state index contributed by atoms with van der Waals surface area (Å²) in [6.07, 6.45) is 7.39. The molecule has 2 saturated heterocycles. The lowest BCUT2D eigenvalue weighted by Gasteiger charge is -2.51. The number of hydrogen-bond donors (Lipinski definition) is 1. The molecule has 2 unspecified atom stereocenters. The summed E-state index contributed by atoms with van der Waals surface area (Å²) in [5.74, 6) is 0.0474. The fourth-order valence-corrected chi connectivity index (χ4v) is 6.56. The molecule has 0 radical (unpaired) electrons. The molecule has 3 aliphatic rings. The first-order valence-corrected chi connectivity index (χ1v) is 13.2. The number of piperidine rings is 2.